The fourth-order valence-electron chi connectivity index (χ4n) is 2.15. The second-order valence-electron chi connectivity index (χ2n) is 4.28. The van der Waals surface area contributed by atoms with Crippen LogP contribution in [0.5, 0.6) is 0 Å². The lowest BCUT2D eigenvalue weighted by atomic mass is 9.93. The third-order valence-electron chi connectivity index (χ3n) is 3.01. The fourth-order valence-corrected chi connectivity index (χ4v) is 3.39. The number of anilines is 1. The first-order valence-electron chi connectivity index (χ1n) is 5.67. The van der Waals surface area contributed by atoms with Crippen molar-refractivity contribution in [3.05, 3.63) is 47.0 Å². The molecule has 1 heterocycles. The molecule has 0 saturated carbocycles. The number of fused-ring (bicyclic) bond motifs is 1. The van der Waals surface area contributed by atoms with Gasteiger partial charge in [-0.2, -0.15) is 0 Å². The minimum absolute atomic E-state index is 0.106. The quantitative estimate of drug-likeness (QED) is 0.786. The molecule has 1 aliphatic heterocycles. The first-order chi connectivity index (χ1) is 8.66. The molecule has 3 nitrogen and oxygen atoms in total. The van der Waals surface area contributed by atoms with Gasteiger partial charge in [0.05, 0.1) is 5.69 Å². The Bertz CT molecular complexity index is 616. The van der Waals surface area contributed by atoms with Crippen molar-refractivity contribution in [1.29, 1.82) is 0 Å². The Balaban J connectivity index is 2.07. The van der Waals surface area contributed by atoms with Gasteiger partial charge in [-0.15, -0.1) is 0 Å². The van der Waals surface area contributed by atoms with E-state index in [1.54, 1.807) is 6.08 Å². The van der Waals surface area contributed by atoms with Gasteiger partial charge in [0.25, 0.3) is 0 Å². The summed E-state index contributed by atoms with van der Waals surface area (Å²) in [4.78, 5) is 25.3. The molecule has 0 fully saturated rings. The number of hydrogen-bond donors (Lipinski definition) is 1. The fraction of sp³-hybridized carbons (Fsp3) is 0.143. The van der Waals surface area contributed by atoms with E-state index in [2.05, 4.69) is 5.32 Å². The zero-order valence-electron chi connectivity index (χ0n) is 9.77. The van der Waals surface area contributed by atoms with Crippen LogP contribution < -0.4 is 5.32 Å². The molecule has 1 N–H and O–H groups in total. The number of hydrogen-bond acceptors (Lipinski definition) is 4. The van der Waals surface area contributed by atoms with Gasteiger partial charge in [0.2, 0.25) is 0 Å². The van der Waals surface area contributed by atoms with E-state index in [9.17, 15) is 9.59 Å². The molecule has 1 aromatic rings. The van der Waals surface area contributed by atoms with Gasteiger partial charge in [0.15, 0.2) is 5.78 Å². The van der Waals surface area contributed by atoms with Crippen molar-refractivity contribution >= 4 is 29.0 Å². The predicted molar refractivity (Wildman–Crippen MR) is 71.3 cm³/mol. The van der Waals surface area contributed by atoms with Gasteiger partial charge in [-0.05, 0) is 31.2 Å². The van der Waals surface area contributed by atoms with Crippen molar-refractivity contribution in [2.75, 3.05) is 5.32 Å². The first-order valence-corrected chi connectivity index (χ1v) is 6.49. The van der Waals surface area contributed by atoms with Crippen LogP contribution in [0.4, 0.5) is 5.69 Å². The molecule has 3 rings (SSSR count). The SMILES string of the molecule is CC(=O)C1C(=O)C=CC2=C1Sc1ccccc1N2. The number of allylic oxidation sites excluding steroid dienone is 3. The minimum atomic E-state index is -0.643. The number of nitrogens with one attached hydrogen (secondary N) is 1. The molecule has 0 radical (unpaired) electrons. The molecular weight excluding hydrogens is 246 g/mol. The van der Waals surface area contributed by atoms with Crippen LogP contribution in [0.3, 0.4) is 0 Å². The lowest BCUT2D eigenvalue weighted by Crippen LogP contribution is -2.27. The molecule has 1 atom stereocenters. The highest BCUT2D eigenvalue weighted by Gasteiger charge is 2.33. The molecule has 90 valence electrons. The Kier molecular flexibility index (Phi) is 2.59. The van der Waals surface area contributed by atoms with E-state index >= 15 is 0 Å². The molecule has 0 bridgehead atoms. The van der Waals surface area contributed by atoms with E-state index < -0.39 is 5.92 Å². The molecule has 0 amide bonds. The molecule has 4 heteroatoms. The standard InChI is InChI=1S/C14H11NO2S/c1-8(16)13-11(17)7-6-10-14(13)18-12-5-3-2-4-9(12)15-10/h2-7,13,15H,1H3. The van der Waals surface area contributed by atoms with Gasteiger partial charge in [0.1, 0.15) is 11.7 Å². The molecule has 18 heavy (non-hydrogen) atoms. The number of ketones is 2. The van der Waals surface area contributed by atoms with Gasteiger partial charge in [-0.25, -0.2) is 0 Å². The minimum Gasteiger partial charge on any atom is -0.354 e. The van der Waals surface area contributed by atoms with Crippen LogP contribution in [0.25, 0.3) is 0 Å². The molecule has 0 aromatic heterocycles. The van der Waals surface area contributed by atoms with E-state index in [4.69, 9.17) is 0 Å². The zero-order valence-corrected chi connectivity index (χ0v) is 10.6. The summed E-state index contributed by atoms with van der Waals surface area (Å²) in [6.45, 7) is 1.47. The molecule has 1 unspecified atom stereocenters. The Morgan fingerprint density at radius 3 is 2.83 bits per heavy atom. The van der Waals surface area contributed by atoms with E-state index in [0.29, 0.717) is 0 Å². The van der Waals surface area contributed by atoms with Crippen LogP contribution in [0.1, 0.15) is 6.92 Å². The number of carbonyl (C=O) groups excluding carboxylic acids is 2. The maximum absolute atomic E-state index is 11.8. The summed E-state index contributed by atoms with van der Waals surface area (Å²) in [6.07, 6.45) is 3.23. The van der Waals surface area contributed by atoms with Crippen molar-refractivity contribution in [2.24, 2.45) is 5.92 Å². The van der Waals surface area contributed by atoms with Crippen LogP contribution in [0, 0.1) is 5.92 Å². The van der Waals surface area contributed by atoms with Crippen LogP contribution >= 0.6 is 11.8 Å². The van der Waals surface area contributed by atoms with Crippen LogP contribution in [-0.2, 0) is 9.59 Å². The number of rotatable bonds is 1. The Morgan fingerprint density at radius 1 is 1.28 bits per heavy atom. The summed E-state index contributed by atoms with van der Waals surface area (Å²) in [5.74, 6) is -0.878. The monoisotopic (exact) mass is 257 g/mol. The molecule has 0 spiro atoms. The number of thioether (sulfide) groups is 1. The summed E-state index contributed by atoms with van der Waals surface area (Å²) < 4.78 is 0. The van der Waals surface area contributed by atoms with Crippen LogP contribution in [-0.4, -0.2) is 11.6 Å². The van der Waals surface area contributed by atoms with E-state index in [-0.39, 0.29) is 11.6 Å². The Hall–Kier alpha value is -1.81. The smallest absolute Gasteiger partial charge is 0.171 e. The zero-order chi connectivity index (χ0) is 12.7. The van der Waals surface area contributed by atoms with E-state index in [1.165, 1.54) is 24.8 Å². The molecule has 0 saturated heterocycles. The highest BCUT2D eigenvalue weighted by Crippen LogP contribution is 2.44. The Morgan fingerprint density at radius 2 is 2.06 bits per heavy atom. The van der Waals surface area contributed by atoms with Crippen molar-refractivity contribution in [3.8, 4) is 0 Å². The maximum atomic E-state index is 11.8. The molecule has 1 aliphatic carbocycles. The molecular formula is C14H11NO2S. The normalized spacial score (nSPS) is 21.2. The summed E-state index contributed by atoms with van der Waals surface area (Å²) >= 11 is 1.51. The highest BCUT2D eigenvalue weighted by molar-refractivity contribution is 8.03. The van der Waals surface area contributed by atoms with E-state index in [1.807, 2.05) is 24.3 Å². The summed E-state index contributed by atoms with van der Waals surface area (Å²) in [7, 11) is 0. The third-order valence-corrected chi connectivity index (χ3v) is 4.26. The van der Waals surface area contributed by atoms with Gasteiger partial charge in [-0.1, -0.05) is 23.9 Å². The number of benzene rings is 1. The van der Waals surface area contributed by atoms with E-state index in [0.717, 1.165) is 21.2 Å². The van der Waals surface area contributed by atoms with Crippen LogP contribution in [0.2, 0.25) is 0 Å². The van der Waals surface area contributed by atoms with Crippen molar-refractivity contribution < 1.29 is 9.59 Å². The number of carbonyl (C=O) groups is 2. The highest BCUT2D eigenvalue weighted by atomic mass is 32.2. The van der Waals surface area contributed by atoms with Gasteiger partial charge >= 0.3 is 0 Å². The van der Waals surface area contributed by atoms with Crippen LogP contribution in [0.15, 0.2) is 51.9 Å². The lowest BCUT2D eigenvalue weighted by Gasteiger charge is -2.27. The summed E-state index contributed by atoms with van der Waals surface area (Å²) in [6, 6.07) is 7.87. The second-order valence-corrected chi connectivity index (χ2v) is 5.36. The van der Waals surface area contributed by atoms with Gasteiger partial charge in [-0.3, -0.25) is 9.59 Å². The molecule has 2 aliphatic rings. The summed E-state index contributed by atoms with van der Waals surface area (Å²) in [5, 5.41) is 3.27. The maximum Gasteiger partial charge on any atom is 0.171 e. The number of Topliss-reactive ketones (excluding diaryl/α,β-unsaturated/α-hetero) is 1. The largest absolute Gasteiger partial charge is 0.354 e. The Labute approximate surface area is 109 Å². The first kappa shape index (κ1) is 11.3. The lowest BCUT2D eigenvalue weighted by molar-refractivity contribution is -0.127. The number of para-hydroxylation sites is 1. The topological polar surface area (TPSA) is 46.2 Å². The van der Waals surface area contributed by atoms with Crippen molar-refractivity contribution in [2.45, 2.75) is 11.8 Å². The van der Waals surface area contributed by atoms with Gasteiger partial charge < -0.3 is 5.32 Å². The third kappa shape index (κ3) is 1.69. The summed E-state index contributed by atoms with van der Waals surface area (Å²) in [5.41, 5.74) is 1.88. The van der Waals surface area contributed by atoms with Gasteiger partial charge in [0, 0.05) is 15.5 Å². The molecule has 1 aromatic carbocycles. The van der Waals surface area contributed by atoms with Crippen molar-refractivity contribution in [3.63, 3.8) is 0 Å². The average Bonchev–Trinajstić information content (AvgIpc) is 2.36. The second kappa shape index (κ2) is 4.14. The average molecular weight is 257 g/mol. The van der Waals surface area contributed by atoms with Crippen molar-refractivity contribution in [1.82, 2.24) is 0 Å². The predicted octanol–water partition coefficient (Wildman–Crippen LogP) is 2.76.